The van der Waals surface area contributed by atoms with Crippen molar-refractivity contribution in [3.05, 3.63) is 173 Å². The summed E-state index contributed by atoms with van der Waals surface area (Å²) in [5.41, 5.74) is 16.4. The maximum atomic E-state index is 5.46. The Morgan fingerprint density at radius 2 is 1.14 bits per heavy atom. The lowest BCUT2D eigenvalue weighted by molar-refractivity contribution is 0.660. The zero-order chi connectivity index (χ0) is 33.1. The van der Waals surface area contributed by atoms with Crippen LogP contribution in [0.15, 0.2) is 145 Å². The monoisotopic (exact) mass is 631 g/mol. The van der Waals surface area contributed by atoms with Gasteiger partial charge in [0.2, 0.25) is 5.96 Å². The lowest BCUT2D eigenvalue weighted by Gasteiger charge is -2.26. The highest BCUT2D eigenvalue weighted by atomic mass is 15.2. The smallest absolute Gasteiger partial charge is 0.208 e. The molecule has 1 atom stereocenters. The number of nitrogens with one attached hydrogen (secondary N) is 1. The molecule has 1 aromatic heterocycles. The Balaban J connectivity index is 1.18. The number of hydrogen-bond donors (Lipinski definition) is 1. The quantitative estimate of drug-likeness (QED) is 0.202. The standard InChI is InChI=1S/C46H37N3/c1-45(2)36-19-11-8-16-30(36)32-23-22-29(24-38(32)45)41-27-40(28-14-6-5-7-15-28)47-44(48-41)49-42-21-13-10-18-33(42)35-25-39-34(26-43(35)49)31-17-9-12-20-37(31)46(39,3)4/h5-27,40H,1-4H3,(H,47,48). The van der Waals surface area contributed by atoms with E-state index in [0.29, 0.717) is 0 Å². The number of hydrogen-bond acceptors (Lipinski definition) is 2. The molecule has 0 bridgehead atoms. The summed E-state index contributed by atoms with van der Waals surface area (Å²) >= 11 is 0. The van der Waals surface area contributed by atoms with Crippen LogP contribution in [0.25, 0.3) is 49.8 Å². The molecule has 1 aliphatic heterocycles. The number of rotatable bonds is 2. The minimum atomic E-state index is -0.142. The molecule has 6 aromatic carbocycles. The molecule has 2 heterocycles. The zero-order valence-electron chi connectivity index (χ0n) is 28.3. The van der Waals surface area contributed by atoms with Gasteiger partial charge in [-0.3, -0.25) is 4.57 Å². The van der Waals surface area contributed by atoms with Gasteiger partial charge in [0.1, 0.15) is 0 Å². The first-order chi connectivity index (χ1) is 23.8. The molecule has 3 nitrogen and oxygen atoms in total. The maximum absolute atomic E-state index is 5.46. The predicted molar refractivity (Wildman–Crippen MR) is 204 cm³/mol. The van der Waals surface area contributed by atoms with Crippen LogP contribution >= 0.6 is 0 Å². The van der Waals surface area contributed by atoms with Gasteiger partial charge in [0.15, 0.2) is 0 Å². The number of benzene rings is 6. The number of nitrogens with zero attached hydrogens (tertiary/aromatic N) is 2. The van der Waals surface area contributed by atoms with E-state index in [-0.39, 0.29) is 16.9 Å². The Morgan fingerprint density at radius 3 is 1.90 bits per heavy atom. The summed E-state index contributed by atoms with van der Waals surface area (Å²) in [5.74, 6) is 0.839. The average Bonchev–Trinajstić information content (AvgIpc) is 3.67. The third kappa shape index (κ3) is 3.93. The summed E-state index contributed by atoms with van der Waals surface area (Å²) in [6, 6.07) is 48.9. The highest BCUT2D eigenvalue weighted by Gasteiger charge is 2.37. The normalized spacial score (nSPS) is 17.9. The summed E-state index contributed by atoms with van der Waals surface area (Å²) in [4.78, 5) is 5.46. The zero-order valence-corrected chi connectivity index (χ0v) is 28.3. The summed E-state index contributed by atoms with van der Waals surface area (Å²) in [5, 5.41) is 6.36. The van der Waals surface area contributed by atoms with Crippen LogP contribution in [-0.2, 0) is 10.8 Å². The molecule has 2 aliphatic carbocycles. The van der Waals surface area contributed by atoms with Gasteiger partial charge in [-0.25, -0.2) is 4.99 Å². The summed E-state index contributed by atoms with van der Waals surface area (Å²) in [6.07, 6.45) is 2.29. The molecular formula is C46H37N3. The van der Waals surface area contributed by atoms with Crippen LogP contribution in [0, 0.1) is 0 Å². The molecule has 0 fully saturated rings. The molecule has 0 amide bonds. The second-order valence-electron chi connectivity index (χ2n) is 14.9. The molecule has 3 aliphatic rings. The second kappa shape index (κ2) is 9.93. The van der Waals surface area contributed by atoms with Crippen molar-refractivity contribution in [3.8, 4) is 22.3 Å². The van der Waals surface area contributed by atoms with E-state index in [1.807, 2.05) is 0 Å². The molecule has 1 N–H and O–H groups in total. The molecule has 1 unspecified atom stereocenters. The van der Waals surface area contributed by atoms with E-state index in [4.69, 9.17) is 4.99 Å². The van der Waals surface area contributed by atoms with E-state index in [1.54, 1.807) is 0 Å². The Kier molecular flexibility index (Phi) is 5.75. The lowest BCUT2D eigenvalue weighted by Crippen LogP contribution is -2.32. The summed E-state index contributed by atoms with van der Waals surface area (Å²) in [7, 11) is 0. The van der Waals surface area contributed by atoms with E-state index >= 15 is 0 Å². The molecule has 7 aromatic rings. The van der Waals surface area contributed by atoms with Gasteiger partial charge in [-0.1, -0.05) is 137 Å². The van der Waals surface area contributed by atoms with E-state index in [1.165, 1.54) is 66.4 Å². The van der Waals surface area contributed by atoms with E-state index < -0.39 is 0 Å². The van der Waals surface area contributed by atoms with Crippen LogP contribution in [0.2, 0.25) is 0 Å². The van der Waals surface area contributed by atoms with Crippen LogP contribution in [0.1, 0.15) is 67.1 Å². The summed E-state index contributed by atoms with van der Waals surface area (Å²) < 4.78 is 2.36. The minimum absolute atomic E-state index is 0.0702. The van der Waals surface area contributed by atoms with E-state index in [2.05, 4.69) is 177 Å². The molecule has 0 spiro atoms. The van der Waals surface area contributed by atoms with E-state index in [0.717, 1.165) is 22.7 Å². The van der Waals surface area contributed by atoms with Crippen LogP contribution < -0.4 is 5.32 Å². The number of aliphatic imine (C=N–C) groups is 1. The molecule has 10 rings (SSSR count). The third-order valence-electron chi connectivity index (χ3n) is 11.5. The second-order valence-corrected chi connectivity index (χ2v) is 14.9. The van der Waals surface area contributed by atoms with Gasteiger partial charge in [0.05, 0.1) is 17.1 Å². The molecule has 0 radical (unpaired) electrons. The largest absolute Gasteiger partial charge is 0.325 e. The highest BCUT2D eigenvalue weighted by Crippen LogP contribution is 2.51. The van der Waals surface area contributed by atoms with Crippen LogP contribution in [0.5, 0.6) is 0 Å². The van der Waals surface area contributed by atoms with E-state index in [9.17, 15) is 0 Å². The highest BCUT2D eigenvalue weighted by molar-refractivity contribution is 6.16. The van der Waals surface area contributed by atoms with Crippen molar-refractivity contribution in [1.82, 2.24) is 9.88 Å². The van der Waals surface area contributed by atoms with Crippen molar-refractivity contribution in [2.75, 3.05) is 0 Å². The fourth-order valence-corrected chi connectivity index (χ4v) is 8.89. The number of aromatic nitrogens is 1. The Hall–Kier alpha value is -5.67. The molecule has 49 heavy (non-hydrogen) atoms. The molecular weight excluding hydrogens is 595 g/mol. The minimum Gasteiger partial charge on any atom is -0.325 e. The first-order valence-corrected chi connectivity index (χ1v) is 17.3. The van der Waals surface area contributed by atoms with Crippen molar-refractivity contribution in [2.45, 2.75) is 44.6 Å². The van der Waals surface area contributed by atoms with Gasteiger partial charge in [-0.2, -0.15) is 0 Å². The Labute approximate surface area is 287 Å². The van der Waals surface area contributed by atoms with Crippen molar-refractivity contribution >= 4 is 33.5 Å². The fraction of sp³-hybridized carbons (Fsp3) is 0.152. The van der Waals surface area contributed by atoms with Gasteiger partial charge >= 0.3 is 0 Å². The van der Waals surface area contributed by atoms with Gasteiger partial charge < -0.3 is 5.32 Å². The van der Waals surface area contributed by atoms with Gasteiger partial charge in [-0.05, 0) is 86.0 Å². The predicted octanol–water partition coefficient (Wildman–Crippen LogP) is 11.0. The van der Waals surface area contributed by atoms with Crippen LogP contribution in [0.3, 0.4) is 0 Å². The number of fused-ring (bicyclic) bond motifs is 9. The topological polar surface area (TPSA) is 29.3 Å². The SMILES string of the molecule is CC1(C)c2ccccc2-c2ccc(C3=CC(c4ccccc4)N=C(n4c5ccccc5c5cc6c(cc54)-c4ccccc4C6(C)C)N3)cc21. The van der Waals surface area contributed by atoms with Crippen molar-refractivity contribution in [2.24, 2.45) is 4.99 Å². The Bertz CT molecular complexity index is 2580. The molecule has 0 saturated carbocycles. The number of para-hydroxylation sites is 1. The van der Waals surface area contributed by atoms with Crippen molar-refractivity contribution < 1.29 is 0 Å². The van der Waals surface area contributed by atoms with Crippen LogP contribution in [-0.4, -0.2) is 10.5 Å². The molecule has 3 heteroatoms. The third-order valence-corrected chi connectivity index (χ3v) is 11.5. The van der Waals surface area contributed by atoms with Gasteiger partial charge in [-0.15, -0.1) is 0 Å². The summed E-state index contributed by atoms with van der Waals surface area (Å²) in [6.45, 7) is 9.40. The molecule has 236 valence electrons. The van der Waals surface area contributed by atoms with Gasteiger partial charge in [0.25, 0.3) is 0 Å². The Morgan fingerprint density at radius 1 is 0.531 bits per heavy atom. The molecule has 0 saturated heterocycles. The first kappa shape index (κ1) is 28.4. The van der Waals surface area contributed by atoms with Gasteiger partial charge in [0, 0.05) is 27.3 Å². The lowest BCUT2D eigenvalue weighted by atomic mass is 9.82. The van der Waals surface area contributed by atoms with Crippen molar-refractivity contribution in [3.63, 3.8) is 0 Å². The van der Waals surface area contributed by atoms with Crippen molar-refractivity contribution in [1.29, 1.82) is 0 Å². The fourth-order valence-electron chi connectivity index (χ4n) is 8.89. The average molecular weight is 632 g/mol. The maximum Gasteiger partial charge on any atom is 0.208 e. The van der Waals surface area contributed by atoms with Crippen LogP contribution in [0.4, 0.5) is 0 Å². The first-order valence-electron chi connectivity index (χ1n) is 17.3.